The molecule has 104 valence electrons. The van der Waals surface area contributed by atoms with E-state index in [4.69, 9.17) is 4.74 Å². The van der Waals surface area contributed by atoms with Crippen molar-refractivity contribution in [2.45, 2.75) is 38.3 Å². The van der Waals surface area contributed by atoms with E-state index < -0.39 is 0 Å². The van der Waals surface area contributed by atoms with Crippen LogP contribution in [0.5, 0.6) is 5.75 Å². The molecule has 3 nitrogen and oxygen atoms in total. The lowest BCUT2D eigenvalue weighted by Crippen LogP contribution is -2.19. The van der Waals surface area contributed by atoms with Gasteiger partial charge in [0, 0.05) is 18.2 Å². The van der Waals surface area contributed by atoms with E-state index in [1.54, 1.807) is 7.11 Å². The van der Waals surface area contributed by atoms with Crippen molar-refractivity contribution in [3.63, 3.8) is 0 Å². The van der Waals surface area contributed by atoms with Gasteiger partial charge in [-0.05, 0) is 63.0 Å². The number of hydrogen-bond donors (Lipinski definition) is 1. The van der Waals surface area contributed by atoms with Crippen LogP contribution in [0.25, 0.3) is 0 Å². The molecule has 0 saturated carbocycles. The lowest BCUT2D eigenvalue weighted by Gasteiger charge is -2.19. The van der Waals surface area contributed by atoms with Crippen LogP contribution in [-0.2, 0) is 6.54 Å². The second kappa shape index (κ2) is 5.93. The molecule has 0 aliphatic carbocycles. The van der Waals surface area contributed by atoms with Crippen LogP contribution in [-0.4, -0.2) is 31.6 Å². The van der Waals surface area contributed by atoms with E-state index in [-0.39, 0.29) is 0 Å². The van der Waals surface area contributed by atoms with Gasteiger partial charge < -0.3 is 10.1 Å². The zero-order valence-corrected chi connectivity index (χ0v) is 11.8. The number of benzene rings is 1. The maximum Gasteiger partial charge on any atom is 0.123 e. The van der Waals surface area contributed by atoms with Gasteiger partial charge in [-0.1, -0.05) is 6.07 Å². The van der Waals surface area contributed by atoms with Gasteiger partial charge in [0.2, 0.25) is 0 Å². The first-order valence-electron chi connectivity index (χ1n) is 7.49. The predicted molar refractivity (Wildman–Crippen MR) is 77.5 cm³/mol. The van der Waals surface area contributed by atoms with Gasteiger partial charge in [0.1, 0.15) is 5.75 Å². The molecule has 1 aromatic rings. The summed E-state index contributed by atoms with van der Waals surface area (Å²) in [6.07, 6.45) is 5.23. The highest BCUT2D eigenvalue weighted by Gasteiger charge is 2.19. The molecule has 0 amide bonds. The van der Waals surface area contributed by atoms with Crippen LogP contribution in [0.1, 0.15) is 42.9 Å². The molecule has 3 heteroatoms. The number of nitrogens with zero attached hydrogens (tertiary/aromatic N) is 1. The first kappa shape index (κ1) is 12.9. The molecule has 0 radical (unpaired) electrons. The molecule has 19 heavy (non-hydrogen) atoms. The molecule has 2 fully saturated rings. The van der Waals surface area contributed by atoms with E-state index >= 15 is 0 Å². The van der Waals surface area contributed by atoms with E-state index in [9.17, 15) is 0 Å². The molecule has 1 N–H and O–H groups in total. The minimum Gasteiger partial charge on any atom is -0.496 e. The largest absolute Gasteiger partial charge is 0.496 e. The monoisotopic (exact) mass is 260 g/mol. The molecule has 1 unspecified atom stereocenters. The summed E-state index contributed by atoms with van der Waals surface area (Å²) in [6, 6.07) is 7.25. The molecule has 0 bridgehead atoms. The number of hydrogen-bond acceptors (Lipinski definition) is 3. The van der Waals surface area contributed by atoms with Gasteiger partial charge in [-0.15, -0.1) is 0 Å². The van der Waals surface area contributed by atoms with Crippen molar-refractivity contribution < 1.29 is 4.74 Å². The first-order valence-corrected chi connectivity index (χ1v) is 7.49. The average Bonchev–Trinajstić information content (AvgIpc) is 3.11. The van der Waals surface area contributed by atoms with Crippen LogP contribution in [0, 0.1) is 0 Å². The molecule has 3 rings (SSSR count). The number of nitrogens with one attached hydrogen (secondary N) is 1. The second-order valence-electron chi connectivity index (χ2n) is 5.70. The summed E-state index contributed by atoms with van der Waals surface area (Å²) in [5, 5.41) is 3.58. The minimum absolute atomic E-state index is 0.545. The normalized spacial score (nSPS) is 23.9. The van der Waals surface area contributed by atoms with Crippen molar-refractivity contribution in [1.82, 2.24) is 10.2 Å². The summed E-state index contributed by atoms with van der Waals surface area (Å²) < 4.78 is 5.53. The van der Waals surface area contributed by atoms with Gasteiger partial charge in [-0.25, -0.2) is 0 Å². The lowest BCUT2D eigenvalue weighted by atomic mass is 10.0. The Bertz CT molecular complexity index is 421. The Balaban J connectivity index is 1.79. The summed E-state index contributed by atoms with van der Waals surface area (Å²) in [6.45, 7) is 4.64. The van der Waals surface area contributed by atoms with E-state index in [1.807, 2.05) is 0 Å². The Labute approximate surface area is 115 Å². The van der Waals surface area contributed by atoms with Crippen LogP contribution < -0.4 is 10.1 Å². The van der Waals surface area contributed by atoms with Crippen molar-refractivity contribution in [3.8, 4) is 5.75 Å². The zero-order valence-electron chi connectivity index (χ0n) is 11.8. The third-order valence-corrected chi connectivity index (χ3v) is 4.36. The Morgan fingerprint density at radius 2 is 2.11 bits per heavy atom. The smallest absolute Gasteiger partial charge is 0.123 e. The number of ether oxygens (including phenoxy) is 1. The summed E-state index contributed by atoms with van der Waals surface area (Å²) in [5.74, 6) is 1.04. The first-order chi connectivity index (χ1) is 9.36. The maximum absolute atomic E-state index is 5.53. The fourth-order valence-corrected chi connectivity index (χ4v) is 3.29. The summed E-state index contributed by atoms with van der Waals surface area (Å²) in [4.78, 5) is 2.53. The predicted octanol–water partition coefficient (Wildman–Crippen LogP) is 2.72. The highest BCUT2D eigenvalue weighted by Crippen LogP contribution is 2.29. The summed E-state index contributed by atoms with van der Waals surface area (Å²) >= 11 is 0. The molecule has 2 aliphatic heterocycles. The van der Waals surface area contributed by atoms with Crippen LogP contribution in [0.3, 0.4) is 0 Å². The third-order valence-electron chi connectivity index (χ3n) is 4.36. The molecule has 1 aromatic carbocycles. The molecule has 2 heterocycles. The Morgan fingerprint density at radius 1 is 1.26 bits per heavy atom. The van der Waals surface area contributed by atoms with Crippen molar-refractivity contribution in [1.29, 1.82) is 0 Å². The van der Waals surface area contributed by atoms with Crippen LogP contribution in [0.15, 0.2) is 18.2 Å². The number of methoxy groups -OCH3 is 1. The lowest BCUT2D eigenvalue weighted by molar-refractivity contribution is 0.320. The van der Waals surface area contributed by atoms with Gasteiger partial charge >= 0.3 is 0 Å². The van der Waals surface area contributed by atoms with Crippen LogP contribution in [0.4, 0.5) is 0 Å². The number of likely N-dealkylation sites (tertiary alicyclic amines) is 1. The fourth-order valence-electron chi connectivity index (χ4n) is 3.29. The van der Waals surface area contributed by atoms with Crippen molar-refractivity contribution >= 4 is 0 Å². The minimum atomic E-state index is 0.545. The SMILES string of the molecule is COc1ccc(C2CCCN2)cc1CN1CCCC1. The van der Waals surface area contributed by atoms with Gasteiger partial charge in [-0.2, -0.15) is 0 Å². The third kappa shape index (κ3) is 2.93. The van der Waals surface area contributed by atoms with E-state index in [0.29, 0.717) is 6.04 Å². The molecule has 1 atom stereocenters. The van der Waals surface area contributed by atoms with Gasteiger partial charge in [0.15, 0.2) is 0 Å². The summed E-state index contributed by atoms with van der Waals surface area (Å²) in [7, 11) is 1.77. The summed E-state index contributed by atoms with van der Waals surface area (Å²) in [5.41, 5.74) is 2.77. The molecular formula is C16H24N2O. The highest BCUT2D eigenvalue weighted by atomic mass is 16.5. The Hall–Kier alpha value is -1.06. The van der Waals surface area contributed by atoms with Crippen molar-refractivity contribution in [2.75, 3.05) is 26.7 Å². The number of rotatable bonds is 4. The quantitative estimate of drug-likeness (QED) is 0.901. The van der Waals surface area contributed by atoms with Gasteiger partial charge in [0.25, 0.3) is 0 Å². The van der Waals surface area contributed by atoms with E-state index in [1.165, 1.54) is 49.9 Å². The molecule has 2 aliphatic rings. The van der Waals surface area contributed by atoms with Gasteiger partial charge in [-0.3, -0.25) is 4.90 Å². The zero-order chi connectivity index (χ0) is 13.1. The topological polar surface area (TPSA) is 24.5 Å². The molecule has 0 spiro atoms. The highest BCUT2D eigenvalue weighted by molar-refractivity contribution is 5.38. The fraction of sp³-hybridized carbons (Fsp3) is 0.625. The van der Waals surface area contributed by atoms with Crippen molar-refractivity contribution in [3.05, 3.63) is 29.3 Å². The molecule has 2 saturated heterocycles. The Morgan fingerprint density at radius 3 is 2.79 bits per heavy atom. The molecule has 0 aromatic heterocycles. The molecular weight excluding hydrogens is 236 g/mol. The van der Waals surface area contributed by atoms with E-state index in [2.05, 4.69) is 28.4 Å². The second-order valence-corrected chi connectivity index (χ2v) is 5.70. The Kier molecular flexibility index (Phi) is 4.04. The standard InChI is InChI=1S/C16H24N2O/c1-19-16-7-6-13(15-5-4-8-17-15)11-14(16)12-18-9-2-3-10-18/h6-7,11,15,17H,2-5,8-10,12H2,1H3. The van der Waals surface area contributed by atoms with Crippen LogP contribution >= 0.6 is 0 Å². The van der Waals surface area contributed by atoms with Crippen LogP contribution in [0.2, 0.25) is 0 Å². The average molecular weight is 260 g/mol. The maximum atomic E-state index is 5.53. The van der Waals surface area contributed by atoms with Gasteiger partial charge in [0.05, 0.1) is 7.11 Å². The van der Waals surface area contributed by atoms with Crippen molar-refractivity contribution in [2.24, 2.45) is 0 Å². The van der Waals surface area contributed by atoms with E-state index in [0.717, 1.165) is 18.8 Å².